The Bertz CT molecular complexity index is 876. The summed E-state index contributed by atoms with van der Waals surface area (Å²) in [5.74, 6) is 1.14. The number of furan rings is 1. The predicted molar refractivity (Wildman–Crippen MR) is 124 cm³/mol. The molecule has 0 amide bonds. The van der Waals surface area contributed by atoms with Gasteiger partial charge >= 0.3 is 0 Å². The zero-order chi connectivity index (χ0) is 19.8. The van der Waals surface area contributed by atoms with Gasteiger partial charge in [0, 0.05) is 18.3 Å². The Morgan fingerprint density at radius 3 is 2.66 bits per heavy atom. The Hall–Kier alpha value is -2.33. The van der Waals surface area contributed by atoms with Crippen molar-refractivity contribution in [1.29, 1.82) is 0 Å². The van der Waals surface area contributed by atoms with Gasteiger partial charge in [-0.05, 0) is 31.5 Å². The van der Waals surface area contributed by atoms with E-state index in [9.17, 15) is 5.11 Å². The molecule has 8 heteroatoms. The van der Waals surface area contributed by atoms with Gasteiger partial charge in [-0.15, -0.1) is 24.0 Å². The fourth-order valence-electron chi connectivity index (χ4n) is 2.79. The number of nitrogens with one attached hydrogen (secondary N) is 2. The first-order valence-corrected chi connectivity index (χ1v) is 9.40. The van der Waals surface area contributed by atoms with Crippen molar-refractivity contribution in [3.63, 3.8) is 0 Å². The third kappa shape index (κ3) is 6.90. The summed E-state index contributed by atoms with van der Waals surface area (Å²) in [6.45, 7) is 5.93. The minimum Gasteiger partial charge on any atom is -0.466 e. The van der Waals surface area contributed by atoms with Crippen molar-refractivity contribution in [2.75, 3.05) is 13.1 Å². The third-order valence-electron chi connectivity index (χ3n) is 4.29. The maximum atomic E-state index is 10.6. The number of nitrogens with zero attached hydrogens (tertiary/aromatic N) is 3. The number of aromatic nitrogens is 2. The van der Waals surface area contributed by atoms with E-state index >= 15 is 0 Å². The van der Waals surface area contributed by atoms with E-state index < -0.39 is 5.60 Å². The van der Waals surface area contributed by atoms with Crippen LogP contribution in [0.1, 0.15) is 30.7 Å². The number of aliphatic hydroxyl groups is 1. The second kappa shape index (κ2) is 11.0. The average Bonchev–Trinajstić information content (AvgIpc) is 3.37. The molecule has 3 N–H and O–H groups in total. The highest BCUT2D eigenvalue weighted by molar-refractivity contribution is 14.0. The Morgan fingerprint density at radius 1 is 1.17 bits per heavy atom. The summed E-state index contributed by atoms with van der Waals surface area (Å²) in [6.07, 6.45) is 5.38. The second-order valence-electron chi connectivity index (χ2n) is 6.83. The molecule has 1 atom stereocenters. The van der Waals surface area contributed by atoms with Crippen LogP contribution < -0.4 is 10.6 Å². The van der Waals surface area contributed by atoms with Crippen LogP contribution in [-0.4, -0.2) is 33.9 Å². The Labute approximate surface area is 188 Å². The summed E-state index contributed by atoms with van der Waals surface area (Å²) in [5.41, 5.74) is 1.10. The fourth-order valence-corrected chi connectivity index (χ4v) is 2.79. The summed E-state index contributed by atoms with van der Waals surface area (Å²) in [5, 5.41) is 21.3. The van der Waals surface area contributed by atoms with Crippen LogP contribution >= 0.6 is 24.0 Å². The van der Waals surface area contributed by atoms with Gasteiger partial charge in [0.15, 0.2) is 5.96 Å². The first kappa shape index (κ1) is 23.0. The zero-order valence-electron chi connectivity index (χ0n) is 16.7. The number of rotatable bonds is 8. The van der Waals surface area contributed by atoms with E-state index in [-0.39, 0.29) is 30.5 Å². The van der Waals surface area contributed by atoms with E-state index in [4.69, 9.17) is 4.42 Å². The minimum absolute atomic E-state index is 0. The molecule has 0 aliphatic rings. The predicted octanol–water partition coefficient (Wildman–Crippen LogP) is 3.11. The van der Waals surface area contributed by atoms with Crippen LogP contribution in [0.2, 0.25) is 0 Å². The smallest absolute Gasteiger partial charge is 0.191 e. The normalized spacial score (nSPS) is 13.4. The molecule has 156 valence electrons. The molecule has 0 saturated carbocycles. The molecule has 3 aromatic rings. The molecule has 0 aliphatic carbocycles. The number of aliphatic imine (C=N–C) groups is 1. The summed E-state index contributed by atoms with van der Waals surface area (Å²) < 4.78 is 7.22. The van der Waals surface area contributed by atoms with Crippen LogP contribution in [0, 0.1) is 0 Å². The summed E-state index contributed by atoms with van der Waals surface area (Å²) in [6, 6.07) is 13.7. The molecule has 0 aliphatic heterocycles. The van der Waals surface area contributed by atoms with Gasteiger partial charge in [0.1, 0.15) is 11.4 Å². The van der Waals surface area contributed by atoms with Crippen LogP contribution in [0.3, 0.4) is 0 Å². The monoisotopic (exact) mass is 509 g/mol. The molecule has 29 heavy (non-hydrogen) atoms. The largest absolute Gasteiger partial charge is 0.466 e. The Kier molecular flexibility index (Phi) is 8.71. The molecule has 0 radical (unpaired) electrons. The Morgan fingerprint density at radius 2 is 1.97 bits per heavy atom. The first-order chi connectivity index (χ1) is 13.6. The minimum atomic E-state index is -1.12. The summed E-state index contributed by atoms with van der Waals surface area (Å²) in [7, 11) is 0. The third-order valence-corrected chi connectivity index (χ3v) is 4.29. The highest BCUT2D eigenvalue weighted by Crippen LogP contribution is 2.19. The average molecular weight is 509 g/mol. The second-order valence-corrected chi connectivity index (χ2v) is 6.83. The molecule has 1 aromatic carbocycles. The first-order valence-electron chi connectivity index (χ1n) is 9.40. The molecular weight excluding hydrogens is 481 g/mol. The fraction of sp³-hybridized carbons (Fsp3) is 0.333. The van der Waals surface area contributed by atoms with Gasteiger partial charge in [0.25, 0.3) is 0 Å². The van der Waals surface area contributed by atoms with Gasteiger partial charge in [-0.25, -0.2) is 4.99 Å². The van der Waals surface area contributed by atoms with Gasteiger partial charge in [0.05, 0.1) is 32.1 Å². The maximum Gasteiger partial charge on any atom is 0.191 e. The molecule has 3 rings (SSSR count). The molecule has 0 bridgehead atoms. The SMILES string of the molecule is CCNC(=NCc1cnn(Cc2ccccc2)c1)NCC(C)(O)c1ccco1.I. The topological polar surface area (TPSA) is 87.6 Å². The van der Waals surface area contributed by atoms with Gasteiger partial charge in [-0.3, -0.25) is 4.68 Å². The number of halogens is 1. The molecule has 0 spiro atoms. The summed E-state index contributed by atoms with van der Waals surface area (Å²) in [4.78, 5) is 4.59. The van der Waals surface area contributed by atoms with Crippen molar-refractivity contribution in [3.05, 3.63) is 78.0 Å². The lowest BCUT2D eigenvalue weighted by Gasteiger charge is -2.22. The van der Waals surface area contributed by atoms with Crippen LogP contribution in [0.15, 0.2) is 70.5 Å². The van der Waals surface area contributed by atoms with Crippen molar-refractivity contribution >= 4 is 29.9 Å². The number of hydrogen-bond donors (Lipinski definition) is 3. The number of hydrogen-bond acceptors (Lipinski definition) is 4. The van der Waals surface area contributed by atoms with Gasteiger partial charge in [-0.1, -0.05) is 30.3 Å². The van der Waals surface area contributed by atoms with E-state index in [1.165, 1.54) is 5.56 Å². The molecule has 7 nitrogen and oxygen atoms in total. The molecular formula is C21H28IN5O2. The van der Waals surface area contributed by atoms with E-state index in [0.717, 1.165) is 18.7 Å². The lowest BCUT2D eigenvalue weighted by atomic mass is 10.0. The van der Waals surface area contributed by atoms with Crippen molar-refractivity contribution < 1.29 is 9.52 Å². The highest BCUT2D eigenvalue weighted by Gasteiger charge is 2.26. The molecule has 2 aromatic heterocycles. The van der Waals surface area contributed by atoms with Gasteiger partial charge in [0.2, 0.25) is 0 Å². The number of benzene rings is 1. The zero-order valence-corrected chi connectivity index (χ0v) is 19.0. The van der Waals surface area contributed by atoms with Crippen molar-refractivity contribution in [1.82, 2.24) is 20.4 Å². The van der Waals surface area contributed by atoms with E-state index in [1.54, 1.807) is 25.3 Å². The van der Waals surface area contributed by atoms with E-state index in [0.29, 0.717) is 18.3 Å². The van der Waals surface area contributed by atoms with Crippen LogP contribution in [0.4, 0.5) is 0 Å². The molecule has 2 heterocycles. The quantitative estimate of drug-likeness (QED) is 0.247. The summed E-state index contributed by atoms with van der Waals surface area (Å²) >= 11 is 0. The lowest BCUT2D eigenvalue weighted by Crippen LogP contribution is -2.44. The highest BCUT2D eigenvalue weighted by atomic mass is 127. The van der Waals surface area contributed by atoms with Crippen molar-refractivity contribution in [2.24, 2.45) is 4.99 Å². The van der Waals surface area contributed by atoms with Crippen LogP contribution in [-0.2, 0) is 18.7 Å². The Balaban J connectivity index is 0.00000300. The van der Waals surface area contributed by atoms with Crippen molar-refractivity contribution in [3.8, 4) is 0 Å². The molecule has 1 unspecified atom stereocenters. The number of guanidine groups is 1. The van der Waals surface area contributed by atoms with Crippen LogP contribution in [0.5, 0.6) is 0 Å². The standard InChI is InChI=1S/C21H27N5O2.HI/c1-3-22-20(24-16-21(2,27)19-10-7-11-28-19)23-12-18-13-25-26(15-18)14-17-8-5-4-6-9-17;/h4-11,13,15,27H,3,12,14,16H2,1-2H3,(H2,22,23,24);1H. The molecule has 0 fully saturated rings. The van der Waals surface area contributed by atoms with Gasteiger partial charge in [-0.2, -0.15) is 5.10 Å². The maximum absolute atomic E-state index is 10.6. The van der Waals surface area contributed by atoms with Crippen molar-refractivity contribution in [2.45, 2.75) is 32.5 Å². The molecule has 0 saturated heterocycles. The van der Waals surface area contributed by atoms with Gasteiger partial charge < -0.3 is 20.2 Å². The van der Waals surface area contributed by atoms with Crippen LogP contribution in [0.25, 0.3) is 0 Å². The van der Waals surface area contributed by atoms with E-state index in [2.05, 4.69) is 32.9 Å². The van der Waals surface area contributed by atoms with E-state index in [1.807, 2.05) is 42.2 Å². The lowest BCUT2D eigenvalue weighted by molar-refractivity contribution is 0.0386.